The molecule has 11 aromatic carbocycles. The molecule has 12 aromatic rings. The second-order valence-corrected chi connectivity index (χ2v) is 17.8. The van der Waals surface area contributed by atoms with Crippen LogP contribution in [0.5, 0.6) is 0 Å². The minimum Gasteiger partial charge on any atom is -0.310 e. The Balaban J connectivity index is 1.04. The molecule has 1 aromatic heterocycles. The van der Waals surface area contributed by atoms with Crippen molar-refractivity contribution in [3.05, 3.63) is 289 Å². The summed E-state index contributed by atoms with van der Waals surface area (Å²) >= 11 is 0. The van der Waals surface area contributed by atoms with E-state index < -0.39 is 5.41 Å². The molecule has 1 heterocycles. The van der Waals surface area contributed by atoms with Crippen LogP contribution in [0.25, 0.3) is 77.1 Å². The van der Waals surface area contributed by atoms with E-state index in [-0.39, 0.29) is 0 Å². The van der Waals surface area contributed by atoms with Crippen LogP contribution in [0.2, 0.25) is 0 Å². The number of benzene rings is 11. The molecule has 0 amide bonds. The number of nitrogens with zero attached hydrogens (tertiary/aromatic N) is 2. The van der Waals surface area contributed by atoms with Gasteiger partial charge in [0, 0.05) is 33.6 Å². The fraction of sp³-hybridized carbons (Fsp3) is 0.0152. The molecule has 2 heteroatoms. The summed E-state index contributed by atoms with van der Waals surface area (Å²) in [4.78, 5) is 7.97. The van der Waals surface area contributed by atoms with E-state index in [1.807, 2.05) is 0 Å². The topological polar surface area (TPSA) is 16.1 Å². The zero-order valence-corrected chi connectivity index (χ0v) is 37.3. The van der Waals surface area contributed by atoms with Crippen molar-refractivity contribution in [1.82, 2.24) is 4.98 Å². The molecule has 0 saturated carbocycles. The molecule has 1 aliphatic rings. The number of fused-ring (bicyclic) bond motifs is 6. The first-order valence-corrected chi connectivity index (χ1v) is 23.4. The first-order valence-electron chi connectivity index (χ1n) is 23.4. The van der Waals surface area contributed by atoms with E-state index in [1.165, 1.54) is 66.1 Å². The molecule has 0 bridgehead atoms. The molecule has 0 radical (unpaired) electrons. The van der Waals surface area contributed by atoms with E-state index in [0.717, 1.165) is 50.3 Å². The van der Waals surface area contributed by atoms with Crippen LogP contribution >= 0.6 is 0 Å². The van der Waals surface area contributed by atoms with Crippen molar-refractivity contribution in [2.45, 2.75) is 5.41 Å². The molecule has 1 aliphatic carbocycles. The molecular weight excluding hydrogens is 821 g/mol. The standard InChI is InChI=1S/C66H44N2/c1-4-20-46(21-5-1)55-39-40-58(57-31-14-13-30-56(55)57)61-43-48-23-12-17-34-64(48)67-65(61)49-24-18-29-52(42-49)68(53-36-35-45-19-10-11-22-47(45)41-53)54-37-38-60-59-32-15-16-33-62(59)66(63(60)44-54,50-25-6-2-7-26-50)51-27-8-3-9-28-51/h1-44H. The molecule has 0 fully saturated rings. The number of hydrogen-bond donors (Lipinski definition) is 0. The zero-order chi connectivity index (χ0) is 45.0. The number of para-hydroxylation sites is 1. The highest BCUT2D eigenvalue weighted by Crippen LogP contribution is 2.57. The third-order valence-corrected chi connectivity index (χ3v) is 14.1. The van der Waals surface area contributed by atoms with E-state index >= 15 is 0 Å². The maximum absolute atomic E-state index is 5.53. The minimum absolute atomic E-state index is 0.538. The van der Waals surface area contributed by atoms with Crippen LogP contribution in [0.15, 0.2) is 267 Å². The van der Waals surface area contributed by atoms with Gasteiger partial charge in [0.15, 0.2) is 0 Å². The Bertz CT molecular complexity index is 3820. The number of pyridine rings is 1. The summed E-state index contributed by atoms with van der Waals surface area (Å²) in [5, 5.41) is 5.91. The number of aromatic nitrogens is 1. The quantitative estimate of drug-likeness (QED) is 0.151. The maximum atomic E-state index is 5.53. The predicted molar refractivity (Wildman–Crippen MR) is 285 cm³/mol. The second kappa shape index (κ2) is 16.2. The average Bonchev–Trinajstić information content (AvgIpc) is 3.71. The second-order valence-electron chi connectivity index (χ2n) is 17.8. The molecule has 68 heavy (non-hydrogen) atoms. The predicted octanol–water partition coefficient (Wildman–Crippen LogP) is 17.4. The van der Waals surface area contributed by atoms with Gasteiger partial charge in [0.05, 0.1) is 16.6 Å². The Labute approximate surface area is 396 Å². The fourth-order valence-electron chi connectivity index (χ4n) is 11.1. The van der Waals surface area contributed by atoms with Gasteiger partial charge in [-0.2, -0.15) is 0 Å². The highest BCUT2D eigenvalue weighted by Gasteiger charge is 2.46. The van der Waals surface area contributed by atoms with Gasteiger partial charge in [-0.1, -0.05) is 218 Å². The lowest BCUT2D eigenvalue weighted by atomic mass is 9.67. The van der Waals surface area contributed by atoms with E-state index in [4.69, 9.17) is 4.98 Å². The van der Waals surface area contributed by atoms with Gasteiger partial charge in [-0.05, 0) is 120 Å². The fourth-order valence-corrected chi connectivity index (χ4v) is 11.1. The van der Waals surface area contributed by atoms with Gasteiger partial charge in [0.2, 0.25) is 0 Å². The molecule has 0 aliphatic heterocycles. The monoisotopic (exact) mass is 864 g/mol. The molecule has 318 valence electrons. The van der Waals surface area contributed by atoms with Gasteiger partial charge in [0.1, 0.15) is 0 Å². The average molecular weight is 865 g/mol. The van der Waals surface area contributed by atoms with Crippen molar-refractivity contribution in [3.63, 3.8) is 0 Å². The van der Waals surface area contributed by atoms with Crippen molar-refractivity contribution in [2.75, 3.05) is 4.90 Å². The third kappa shape index (κ3) is 6.37. The summed E-state index contributed by atoms with van der Waals surface area (Å²) in [7, 11) is 0. The summed E-state index contributed by atoms with van der Waals surface area (Å²) in [6, 6.07) is 97.5. The summed E-state index contributed by atoms with van der Waals surface area (Å²) < 4.78 is 0. The maximum Gasteiger partial charge on any atom is 0.0789 e. The van der Waals surface area contributed by atoms with Crippen LogP contribution in [0, 0.1) is 0 Å². The van der Waals surface area contributed by atoms with Crippen molar-refractivity contribution >= 4 is 49.5 Å². The summed E-state index contributed by atoms with van der Waals surface area (Å²) in [6.07, 6.45) is 0. The molecule has 0 saturated heterocycles. The lowest BCUT2D eigenvalue weighted by Crippen LogP contribution is -2.28. The van der Waals surface area contributed by atoms with Crippen LogP contribution in [0.3, 0.4) is 0 Å². The first-order chi connectivity index (χ1) is 33.7. The van der Waals surface area contributed by atoms with E-state index in [0.29, 0.717) is 0 Å². The number of anilines is 3. The molecule has 0 atom stereocenters. The normalized spacial score (nSPS) is 12.5. The van der Waals surface area contributed by atoms with Gasteiger partial charge in [-0.15, -0.1) is 0 Å². The van der Waals surface area contributed by atoms with Gasteiger partial charge < -0.3 is 4.90 Å². The van der Waals surface area contributed by atoms with Crippen LogP contribution in [0.4, 0.5) is 17.1 Å². The van der Waals surface area contributed by atoms with Crippen LogP contribution < -0.4 is 4.90 Å². The van der Waals surface area contributed by atoms with Crippen LogP contribution in [0.1, 0.15) is 22.3 Å². The van der Waals surface area contributed by atoms with Crippen LogP contribution in [-0.4, -0.2) is 4.98 Å². The van der Waals surface area contributed by atoms with E-state index in [1.54, 1.807) is 0 Å². The molecular formula is C66H44N2. The zero-order valence-electron chi connectivity index (χ0n) is 37.3. The highest BCUT2D eigenvalue weighted by molar-refractivity contribution is 6.08. The van der Waals surface area contributed by atoms with Crippen molar-refractivity contribution in [1.29, 1.82) is 0 Å². The van der Waals surface area contributed by atoms with Gasteiger partial charge in [-0.3, -0.25) is 0 Å². The lowest BCUT2D eigenvalue weighted by Gasteiger charge is -2.35. The summed E-state index contributed by atoms with van der Waals surface area (Å²) in [6.45, 7) is 0. The Kier molecular flexibility index (Phi) is 9.43. The van der Waals surface area contributed by atoms with Crippen molar-refractivity contribution in [2.24, 2.45) is 0 Å². The van der Waals surface area contributed by atoms with Gasteiger partial charge in [0.25, 0.3) is 0 Å². The Hall–Kier alpha value is -8.85. The summed E-state index contributed by atoms with van der Waals surface area (Å²) in [5.41, 5.74) is 17.8. The summed E-state index contributed by atoms with van der Waals surface area (Å²) in [5.74, 6) is 0. The molecule has 0 N–H and O–H groups in total. The Morgan fingerprint density at radius 3 is 1.62 bits per heavy atom. The van der Waals surface area contributed by atoms with Crippen molar-refractivity contribution < 1.29 is 0 Å². The molecule has 13 rings (SSSR count). The van der Waals surface area contributed by atoms with Gasteiger partial charge in [-0.25, -0.2) is 4.98 Å². The Morgan fingerprint density at radius 2 is 0.838 bits per heavy atom. The third-order valence-electron chi connectivity index (χ3n) is 14.1. The SMILES string of the molecule is c1ccc(-c2ccc(-c3cc4ccccc4nc3-c3cccc(N(c4ccc5c(c4)C(c4ccccc4)(c4ccccc4)c4ccccc4-5)c4ccc5ccccc5c4)c3)c3ccccc23)cc1. The molecule has 2 nitrogen and oxygen atoms in total. The highest BCUT2D eigenvalue weighted by atomic mass is 15.1. The Morgan fingerprint density at radius 1 is 0.294 bits per heavy atom. The largest absolute Gasteiger partial charge is 0.310 e. The van der Waals surface area contributed by atoms with Crippen molar-refractivity contribution in [3.8, 4) is 44.6 Å². The van der Waals surface area contributed by atoms with Gasteiger partial charge >= 0.3 is 0 Å². The van der Waals surface area contributed by atoms with E-state index in [9.17, 15) is 0 Å². The molecule has 0 unspecified atom stereocenters. The first kappa shape index (κ1) is 39.5. The van der Waals surface area contributed by atoms with Crippen LogP contribution in [-0.2, 0) is 5.41 Å². The number of hydrogen-bond acceptors (Lipinski definition) is 2. The smallest absolute Gasteiger partial charge is 0.0789 e. The molecule has 0 spiro atoms. The number of rotatable bonds is 8. The minimum atomic E-state index is -0.538. The lowest BCUT2D eigenvalue weighted by molar-refractivity contribution is 0.768. The van der Waals surface area contributed by atoms with E-state index in [2.05, 4.69) is 272 Å².